The fourth-order valence-corrected chi connectivity index (χ4v) is 4.83. The first-order chi connectivity index (χ1) is 20.0. The van der Waals surface area contributed by atoms with Gasteiger partial charge in [-0.2, -0.15) is 23.0 Å². The summed E-state index contributed by atoms with van der Waals surface area (Å²) in [6, 6.07) is 12.2. The maximum atomic E-state index is 13.7. The summed E-state index contributed by atoms with van der Waals surface area (Å²) < 4.78 is 42.7. The number of aliphatic hydroxyl groups excluding tert-OH is 1. The van der Waals surface area contributed by atoms with E-state index in [1.165, 1.54) is 12.4 Å². The zero-order chi connectivity index (χ0) is 30.0. The van der Waals surface area contributed by atoms with Crippen molar-refractivity contribution < 1.29 is 23.1 Å². The van der Waals surface area contributed by atoms with Crippen molar-refractivity contribution in [1.82, 2.24) is 24.6 Å². The Morgan fingerprint density at radius 2 is 1.90 bits per heavy atom. The molecular formula is C29H31F3N8O2. The number of anilines is 4. The Kier molecular flexibility index (Phi) is 8.14. The van der Waals surface area contributed by atoms with E-state index in [9.17, 15) is 23.1 Å². The van der Waals surface area contributed by atoms with Gasteiger partial charge < -0.3 is 21.1 Å². The monoisotopic (exact) mass is 580 g/mol. The summed E-state index contributed by atoms with van der Waals surface area (Å²) in [5.41, 5.74) is 2.02. The minimum absolute atomic E-state index is 0.104. The number of halogens is 3. The molecule has 0 saturated carbocycles. The highest BCUT2D eigenvalue weighted by Crippen LogP contribution is 2.32. The minimum atomic E-state index is -4.62. The highest BCUT2D eigenvalue weighted by molar-refractivity contribution is 6.04. The molecule has 0 radical (unpaired) electrons. The van der Waals surface area contributed by atoms with Crippen LogP contribution in [0.4, 0.5) is 36.2 Å². The number of β-amino-alcohol motifs (C(OH)–C–C–N with tert-alkyl or cyclic N) is 1. The van der Waals surface area contributed by atoms with Crippen LogP contribution in [0.15, 0.2) is 54.9 Å². The van der Waals surface area contributed by atoms with Crippen LogP contribution in [0, 0.1) is 13.8 Å². The Morgan fingerprint density at radius 3 is 2.62 bits per heavy atom. The number of carbonyl (C=O) groups excluding carboxylic acids is 1. The van der Waals surface area contributed by atoms with Gasteiger partial charge in [-0.1, -0.05) is 6.07 Å². The minimum Gasteiger partial charge on any atom is -0.392 e. The second kappa shape index (κ2) is 11.8. The first-order valence-electron chi connectivity index (χ1n) is 13.4. The van der Waals surface area contributed by atoms with Gasteiger partial charge in [0.1, 0.15) is 18.0 Å². The number of nitrogens with zero attached hydrogens (tertiary/aromatic N) is 5. The van der Waals surface area contributed by atoms with Crippen LogP contribution >= 0.6 is 0 Å². The first-order valence-corrected chi connectivity index (χ1v) is 13.4. The molecule has 3 heterocycles. The number of aromatic nitrogens is 4. The Morgan fingerprint density at radius 1 is 1.10 bits per heavy atom. The number of carbonyl (C=O) groups is 1. The number of alkyl halides is 3. The summed E-state index contributed by atoms with van der Waals surface area (Å²) in [6.45, 7) is 4.89. The fourth-order valence-electron chi connectivity index (χ4n) is 4.83. The van der Waals surface area contributed by atoms with Crippen molar-refractivity contribution in [2.75, 3.05) is 36.1 Å². The lowest BCUT2D eigenvalue weighted by molar-refractivity contribution is -0.137. The predicted molar refractivity (Wildman–Crippen MR) is 153 cm³/mol. The summed E-state index contributed by atoms with van der Waals surface area (Å²) in [4.78, 5) is 23.5. The predicted octanol–water partition coefficient (Wildman–Crippen LogP) is 4.90. The van der Waals surface area contributed by atoms with E-state index in [1.54, 1.807) is 36.0 Å². The third kappa shape index (κ3) is 6.69. The first kappa shape index (κ1) is 29.0. The zero-order valence-electron chi connectivity index (χ0n) is 23.3. The van der Waals surface area contributed by atoms with Crippen molar-refractivity contribution in [2.45, 2.75) is 39.1 Å². The molecule has 1 unspecified atom stereocenters. The molecule has 1 atom stereocenters. The average molecular weight is 581 g/mol. The Hall–Kier alpha value is -4.49. The molecule has 1 aliphatic heterocycles. The van der Waals surface area contributed by atoms with Gasteiger partial charge >= 0.3 is 6.18 Å². The molecule has 1 aliphatic rings. The molecular weight excluding hydrogens is 549 g/mol. The maximum absolute atomic E-state index is 13.7. The topological polar surface area (TPSA) is 120 Å². The van der Waals surface area contributed by atoms with Crippen LogP contribution in [0.2, 0.25) is 0 Å². The molecule has 2 aromatic carbocycles. The van der Waals surface area contributed by atoms with Gasteiger partial charge in [-0.25, -0.2) is 9.97 Å². The highest BCUT2D eigenvalue weighted by atomic mass is 19.4. The standard InChI is InChI=1S/C29H31F3N8O2/c1-17-4-5-22(12-24(17)37-27-8-18(2)38-40(27)26-13-25(33-3)34-16-35-26)36-28(42)20-9-19(10-21(11-20)29(30,31)32)14-39-7-6-23(41)15-39/h4-5,8-13,16,23,37,41H,6-7,14-15H2,1-3H3,(H,36,42)(H,33,34,35). The molecule has 0 aliphatic carbocycles. The summed E-state index contributed by atoms with van der Waals surface area (Å²) >= 11 is 0. The number of amides is 1. The molecule has 2 aromatic heterocycles. The Balaban J connectivity index is 1.39. The normalized spacial score (nSPS) is 15.5. The third-order valence-corrected chi connectivity index (χ3v) is 6.95. The second-order valence-electron chi connectivity index (χ2n) is 10.3. The number of benzene rings is 2. The van der Waals surface area contributed by atoms with Crippen LogP contribution in [0.25, 0.3) is 5.82 Å². The summed E-state index contributed by atoms with van der Waals surface area (Å²) in [7, 11) is 1.75. The lowest BCUT2D eigenvalue weighted by Gasteiger charge is -2.18. The number of nitrogens with one attached hydrogen (secondary N) is 3. The largest absolute Gasteiger partial charge is 0.416 e. The van der Waals surface area contributed by atoms with Crippen LogP contribution in [-0.2, 0) is 12.7 Å². The van der Waals surface area contributed by atoms with Gasteiger partial charge in [0, 0.05) is 55.8 Å². The smallest absolute Gasteiger partial charge is 0.392 e. The molecule has 13 heteroatoms. The lowest BCUT2D eigenvalue weighted by Crippen LogP contribution is -2.22. The molecule has 10 nitrogen and oxygen atoms in total. The van der Waals surface area contributed by atoms with Crippen molar-refractivity contribution in [3.63, 3.8) is 0 Å². The van der Waals surface area contributed by atoms with Crippen molar-refractivity contribution in [1.29, 1.82) is 0 Å². The van der Waals surface area contributed by atoms with Gasteiger partial charge in [0.25, 0.3) is 5.91 Å². The Labute approximate surface area is 240 Å². The molecule has 0 bridgehead atoms. The summed E-state index contributed by atoms with van der Waals surface area (Å²) in [5.74, 6) is 1.11. The van der Waals surface area contributed by atoms with E-state index in [-0.39, 0.29) is 12.1 Å². The average Bonchev–Trinajstić information content (AvgIpc) is 3.53. The number of rotatable bonds is 8. The van der Waals surface area contributed by atoms with Crippen molar-refractivity contribution >= 4 is 28.9 Å². The maximum Gasteiger partial charge on any atom is 0.416 e. The molecule has 5 rings (SSSR count). The van der Waals surface area contributed by atoms with Crippen LogP contribution < -0.4 is 16.0 Å². The van der Waals surface area contributed by atoms with Crippen LogP contribution in [0.5, 0.6) is 0 Å². The van der Waals surface area contributed by atoms with Crippen LogP contribution in [-0.4, -0.2) is 61.9 Å². The molecule has 4 aromatic rings. The quantitative estimate of drug-likeness (QED) is 0.232. The third-order valence-electron chi connectivity index (χ3n) is 6.95. The lowest BCUT2D eigenvalue weighted by atomic mass is 10.0. The number of hydrogen-bond acceptors (Lipinski definition) is 8. The van der Waals surface area contributed by atoms with E-state index < -0.39 is 23.8 Å². The molecule has 42 heavy (non-hydrogen) atoms. The van der Waals surface area contributed by atoms with Crippen molar-refractivity contribution in [3.8, 4) is 5.82 Å². The molecule has 1 amide bonds. The van der Waals surface area contributed by atoms with Gasteiger partial charge in [0.05, 0.1) is 17.4 Å². The van der Waals surface area contributed by atoms with Crippen molar-refractivity contribution in [2.24, 2.45) is 0 Å². The molecule has 1 saturated heterocycles. The Bertz CT molecular complexity index is 1600. The SMILES string of the molecule is CNc1cc(-n2nc(C)cc2Nc2cc(NC(=O)c3cc(CN4CCC(O)C4)cc(C(F)(F)F)c3)ccc2C)ncn1. The second-order valence-corrected chi connectivity index (χ2v) is 10.3. The fraction of sp³-hybridized carbons (Fsp3) is 0.310. The van der Waals surface area contributed by atoms with Gasteiger partial charge in [0.15, 0.2) is 5.82 Å². The molecule has 1 fully saturated rings. The number of aryl methyl sites for hydroxylation is 2. The van der Waals surface area contributed by atoms with E-state index in [1.807, 2.05) is 24.8 Å². The summed E-state index contributed by atoms with van der Waals surface area (Å²) in [6.07, 6.45) is -3.13. The van der Waals surface area contributed by atoms with Crippen LogP contribution in [0.1, 0.15) is 39.2 Å². The van der Waals surface area contributed by atoms with Crippen LogP contribution in [0.3, 0.4) is 0 Å². The van der Waals surface area contributed by atoms with E-state index in [2.05, 4.69) is 31.0 Å². The zero-order valence-corrected chi connectivity index (χ0v) is 23.3. The van der Waals surface area contributed by atoms with Gasteiger partial charge in [-0.05, 0) is 61.7 Å². The van der Waals surface area contributed by atoms with Gasteiger partial charge in [-0.15, -0.1) is 0 Å². The van der Waals surface area contributed by atoms with E-state index >= 15 is 0 Å². The molecule has 0 spiro atoms. The number of likely N-dealkylation sites (tertiary alicyclic amines) is 1. The number of hydrogen-bond donors (Lipinski definition) is 4. The summed E-state index contributed by atoms with van der Waals surface area (Å²) in [5, 5.41) is 23.4. The van der Waals surface area contributed by atoms with Crippen molar-refractivity contribution in [3.05, 3.63) is 82.8 Å². The molecule has 4 N–H and O–H groups in total. The van der Waals surface area contributed by atoms with Gasteiger partial charge in [0.2, 0.25) is 0 Å². The van der Waals surface area contributed by atoms with E-state index in [4.69, 9.17) is 0 Å². The number of aliphatic hydroxyl groups is 1. The van der Waals surface area contributed by atoms with E-state index in [0.29, 0.717) is 53.9 Å². The van der Waals surface area contributed by atoms with Gasteiger partial charge in [-0.3, -0.25) is 9.69 Å². The molecule has 220 valence electrons. The van der Waals surface area contributed by atoms with E-state index in [0.717, 1.165) is 23.4 Å². The highest BCUT2D eigenvalue weighted by Gasteiger charge is 2.32.